The number of nitrogens with zero attached hydrogens (tertiary/aromatic N) is 1. The molecule has 3 aromatic rings. The molecule has 0 unspecified atom stereocenters. The van der Waals surface area contributed by atoms with Crippen LogP contribution in [0.1, 0.15) is 17.3 Å². The maximum Gasteiger partial charge on any atom is 0.257 e. The molecule has 0 saturated heterocycles. The predicted octanol–water partition coefficient (Wildman–Crippen LogP) is 2.91. The third kappa shape index (κ3) is 4.06. The molecule has 1 aromatic heterocycles. The molecule has 0 saturated carbocycles. The number of thiazole rings is 1. The van der Waals surface area contributed by atoms with E-state index >= 15 is 0 Å². The van der Waals surface area contributed by atoms with E-state index in [9.17, 15) is 18.0 Å². The van der Waals surface area contributed by atoms with Gasteiger partial charge in [0.2, 0.25) is 5.91 Å². The second-order valence-corrected chi connectivity index (χ2v) is 8.68. The fourth-order valence-corrected chi connectivity index (χ4v) is 3.92. The molecule has 0 spiro atoms. The predicted molar refractivity (Wildman–Crippen MR) is 101 cm³/mol. The van der Waals surface area contributed by atoms with Crippen molar-refractivity contribution in [1.82, 2.24) is 4.98 Å². The summed E-state index contributed by atoms with van der Waals surface area (Å²) in [5, 5.41) is 5.67. The van der Waals surface area contributed by atoms with E-state index in [0.29, 0.717) is 26.6 Å². The van der Waals surface area contributed by atoms with Gasteiger partial charge in [0.15, 0.2) is 15.0 Å². The van der Waals surface area contributed by atoms with Crippen LogP contribution in [0.3, 0.4) is 0 Å². The van der Waals surface area contributed by atoms with Crippen molar-refractivity contribution in [2.45, 2.75) is 11.8 Å². The lowest BCUT2D eigenvalue weighted by Crippen LogP contribution is -2.12. The number of anilines is 2. The van der Waals surface area contributed by atoms with Crippen molar-refractivity contribution in [2.24, 2.45) is 0 Å². The lowest BCUT2D eigenvalue weighted by Gasteiger charge is -2.05. The van der Waals surface area contributed by atoms with Crippen LogP contribution in [0, 0.1) is 0 Å². The molecular formula is C17H15N3O4S2. The first-order valence-corrected chi connectivity index (χ1v) is 10.2. The van der Waals surface area contributed by atoms with Crippen LogP contribution in [-0.4, -0.2) is 31.5 Å². The second-order valence-electron chi connectivity index (χ2n) is 5.64. The first kappa shape index (κ1) is 18.0. The molecule has 2 N–H and O–H groups in total. The van der Waals surface area contributed by atoms with Crippen LogP contribution >= 0.6 is 11.3 Å². The molecule has 0 aliphatic heterocycles. The molecule has 0 atom stereocenters. The Hall–Kier alpha value is -2.78. The fraction of sp³-hybridized carbons (Fsp3) is 0.118. The van der Waals surface area contributed by atoms with Crippen LogP contribution in [0.25, 0.3) is 10.2 Å². The van der Waals surface area contributed by atoms with Crippen molar-refractivity contribution in [3.05, 3.63) is 48.0 Å². The number of fused-ring (bicyclic) bond motifs is 1. The van der Waals surface area contributed by atoms with Crippen LogP contribution in [0.2, 0.25) is 0 Å². The summed E-state index contributed by atoms with van der Waals surface area (Å²) < 4.78 is 23.9. The maximum absolute atomic E-state index is 12.4. The van der Waals surface area contributed by atoms with Gasteiger partial charge in [-0.15, -0.1) is 0 Å². The summed E-state index contributed by atoms with van der Waals surface area (Å²) in [6, 6.07) is 11.2. The molecule has 0 radical (unpaired) electrons. The van der Waals surface area contributed by atoms with E-state index in [1.165, 1.54) is 30.4 Å². The van der Waals surface area contributed by atoms with Crippen LogP contribution in [0.4, 0.5) is 10.8 Å². The number of nitrogens with one attached hydrogen (secondary N) is 2. The van der Waals surface area contributed by atoms with Gasteiger partial charge in [0, 0.05) is 24.4 Å². The molecule has 2 aromatic carbocycles. The molecule has 26 heavy (non-hydrogen) atoms. The Bertz CT molecular complexity index is 1120. The summed E-state index contributed by atoms with van der Waals surface area (Å²) in [6.07, 6.45) is 1.14. The van der Waals surface area contributed by atoms with Crippen molar-refractivity contribution in [1.29, 1.82) is 0 Å². The highest BCUT2D eigenvalue weighted by Gasteiger charge is 2.13. The van der Waals surface area contributed by atoms with Gasteiger partial charge in [-0.3, -0.25) is 14.9 Å². The average Bonchev–Trinajstić information content (AvgIpc) is 2.94. The minimum absolute atomic E-state index is 0.203. The Morgan fingerprint density at radius 3 is 2.54 bits per heavy atom. The van der Waals surface area contributed by atoms with Gasteiger partial charge in [-0.1, -0.05) is 17.4 Å². The van der Waals surface area contributed by atoms with Crippen molar-refractivity contribution in [3.8, 4) is 0 Å². The van der Waals surface area contributed by atoms with Gasteiger partial charge in [-0.2, -0.15) is 0 Å². The van der Waals surface area contributed by atoms with E-state index in [0.717, 1.165) is 6.26 Å². The summed E-state index contributed by atoms with van der Waals surface area (Å²) in [6.45, 7) is 1.39. The molecule has 3 rings (SSSR count). The Kier molecular flexibility index (Phi) is 4.75. The standard InChI is InChI=1S/C17H15N3O4S2/c1-10(21)18-12-5-3-4-11(8-12)16(22)20-17-19-14-7-6-13(26(2,23)24)9-15(14)25-17/h3-9H,1-2H3,(H,18,21)(H,19,20,22). The first-order chi connectivity index (χ1) is 12.2. The average molecular weight is 389 g/mol. The monoisotopic (exact) mass is 389 g/mol. The SMILES string of the molecule is CC(=O)Nc1cccc(C(=O)Nc2nc3ccc(S(C)(=O)=O)cc3s2)c1. The molecule has 0 fully saturated rings. The molecular weight excluding hydrogens is 374 g/mol. The van der Waals surface area contributed by atoms with Gasteiger partial charge in [0.25, 0.3) is 5.91 Å². The zero-order valence-corrected chi connectivity index (χ0v) is 15.6. The minimum Gasteiger partial charge on any atom is -0.326 e. The molecule has 134 valence electrons. The van der Waals surface area contributed by atoms with Gasteiger partial charge in [-0.25, -0.2) is 13.4 Å². The molecule has 2 amide bonds. The number of hydrogen-bond acceptors (Lipinski definition) is 6. The van der Waals surface area contributed by atoms with Crippen molar-refractivity contribution in [2.75, 3.05) is 16.9 Å². The smallest absolute Gasteiger partial charge is 0.257 e. The quantitative estimate of drug-likeness (QED) is 0.714. The summed E-state index contributed by atoms with van der Waals surface area (Å²) >= 11 is 1.19. The number of hydrogen-bond donors (Lipinski definition) is 2. The Labute approximate surface area is 154 Å². The van der Waals surface area contributed by atoms with E-state index < -0.39 is 9.84 Å². The Morgan fingerprint density at radius 2 is 1.85 bits per heavy atom. The third-order valence-corrected chi connectivity index (χ3v) is 5.50. The maximum atomic E-state index is 12.4. The van der Waals surface area contributed by atoms with E-state index in [2.05, 4.69) is 15.6 Å². The zero-order valence-electron chi connectivity index (χ0n) is 13.9. The normalized spacial score (nSPS) is 11.3. The summed E-state index contributed by atoms with van der Waals surface area (Å²) in [4.78, 5) is 28.0. The molecule has 1 heterocycles. The van der Waals surface area contributed by atoms with Crippen LogP contribution in [-0.2, 0) is 14.6 Å². The highest BCUT2D eigenvalue weighted by Crippen LogP contribution is 2.28. The lowest BCUT2D eigenvalue weighted by molar-refractivity contribution is -0.114. The number of benzene rings is 2. The fourth-order valence-electron chi connectivity index (χ4n) is 2.30. The topological polar surface area (TPSA) is 105 Å². The van der Waals surface area contributed by atoms with E-state index in [1.54, 1.807) is 30.3 Å². The largest absolute Gasteiger partial charge is 0.326 e. The molecule has 0 bridgehead atoms. The van der Waals surface area contributed by atoms with Gasteiger partial charge in [-0.05, 0) is 36.4 Å². The second kappa shape index (κ2) is 6.85. The van der Waals surface area contributed by atoms with Gasteiger partial charge < -0.3 is 5.32 Å². The van der Waals surface area contributed by atoms with Gasteiger partial charge in [0.05, 0.1) is 15.1 Å². The van der Waals surface area contributed by atoms with Crippen LogP contribution in [0.15, 0.2) is 47.4 Å². The van der Waals surface area contributed by atoms with E-state index in [-0.39, 0.29) is 16.7 Å². The van der Waals surface area contributed by atoms with Crippen molar-refractivity contribution in [3.63, 3.8) is 0 Å². The van der Waals surface area contributed by atoms with E-state index in [4.69, 9.17) is 0 Å². The van der Waals surface area contributed by atoms with Crippen molar-refractivity contribution >= 4 is 54.0 Å². The third-order valence-electron chi connectivity index (χ3n) is 3.45. The zero-order chi connectivity index (χ0) is 18.9. The number of aromatic nitrogens is 1. The lowest BCUT2D eigenvalue weighted by atomic mass is 10.2. The Balaban J connectivity index is 1.84. The molecule has 0 aliphatic rings. The number of amides is 2. The molecule has 0 aliphatic carbocycles. The summed E-state index contributed by atoms with van der Waals surface area (Å²) in [5.41, 5.74) is 1.49. The van der Waals surface area contributed by atoms with Crippen molar-refractivity contribution < 1.29 is 18.0 Å². The number of carbonyl (C=O) groups is 2. The highest BCUT2D eigenvalue weighted by atomic mass is 32.2. The number of carbonyl (C=O) groups excluding carboxylic acids is 2. The van der Waals surface area contributed by atoms with Crippen LogP contribution < -0.4 is 10.6 Å². The summed E-state index contributed by atoms with van der Waals surface area (Å²) in [7, 11) is -3.31. The van der Waals surface area contributed by atoms with Crippen LogP contribution in [0.5, 0.6) is 0 Å². The van der Waals surface area contributed by atoms with E-state index in [1.807, 2.05) is 0 Å². The highest BCUT2D eigenvalue weighted by molar-refractivity contribution is 7.90. The summed E-state index contributed by atoms with van der Waals surface area (Å²) in [5.74, 6) is -0.602. The Morgan fingerprint density at radius 1 is 1.08 bits per heavy atom. The molecule has 7 nitrogen and oxygen atoms in total. The number of sulfone groups is 1. The van der Waals surface area contributed by atoms with Gasteiger partial charge >= 0.3 is 0 Å². The first-order valence-electron chi connectivity index (χ1n) is 7.52. The van der Waals surface area contributed by atoms with Gasteiger partial charge in [0.1, 0.15) is 0 Å². The number of rotatable bonds is 4. The molecule has 9 heteroatoms. The minimum atomic E-state index is -3.31.